The van der Waals surface area contributed by atoms with Gasteiger partial charge in [0.1, 0.15) is 11.0 Å². The normalized spacial score (nSPS) is 11.1. The summed E-state index contributed by atoms with van der Waals surface area (Å²) >= 11 is 12.8. The maximum absolute atomic E-state index is 13.1. The minimum atomic E-state index is -0.317. The number of benzene rings is 1. The quantitative estimate of drug-likeness (QED) is 0.606. The summed E-state index contributed by atoms with van der Waals surface area (Å²) in [6, 6.07) is 4.38. The van der Waals surface area contributed by atoms with Gasteiger partial charge >= 0.3 is 0 Å². The Morgan fingerprint density at radius 3 is 2.47 bits per heavy atom. The molecule has 0 aliphatic rings. The van der Waals surface area contributed by atoms with Crippen LogP contribution in [0.25, 0.3) is 11.4 Å². The first-order chi connectivity index (χ1) is 8.90. The van der Waals surface area contributed by atoms with E-state index in [2.05, 4.69) is 41.8 Å². The van der Waals surface area contributed by atoms with Gasteiger partial charge in [-0.2, -0.15) is 0 Å². The van der Waals surface area contributed by atoms with Gasteiger partial charge in [0.2, 0.25) is 0 Å². The minimum absolute atomic E-state index is 0.202. The Morgan fingerprint density at radius 1 is 1.21 bits per heavy atom. The Kier molecular flexibility index (Phi) is 4.58. The van der Waals surface area contributed by atoms with Crippen LogP contribution in [0.5, 0.6) is 0 Å². The van der Waals surface area contributed by atoms with Gasteiger partial charge in [-0.15, -0.1) is 0 Å². The van der Waals surface area contributed by atoms with E-state index >= 15 is 0 Å². The lowest BCUT2D eigenvalue weighted by Gasteiger charge is -2.11. The lowest BCUT2D eigenvalue weighted by molar-refractivity contribution is 0.627. The van der Waals surface area contributed by atoms with Gasteiger partial charge in [-0.05, 0) is 56.0 Å². The molecule has 0 saturated carbocycles. The van der Waals surface area contributed by atoms with Gasteiger partial charge in [0.15, 0.2) is 5.82 Å². The summed E-state index contributed by atoms with van der Waals surface area (Å²) in [6.45, 7) is 4.04. The Labute approximate surface area is 132 Å². The molecule has 2 rings (SSSR count). The van der Waals surface area contributed by atoms with Crippen LogP contribution in [0.15, 0.2) is 27.1 Å². The summed E-state index contributed by atoms with van der Waals surface area (Å²) in [7, 11) is 0. The van der Waals surface area contributed by atoms with Crippen LogP contribution in [0.2, 0.25) is 5.15 Å². The van der Waals surface area contributed by atoms with Crippen LogP contribution < -0.4 is 0 Å². The number of rotatable bonds is 2. The van der Waals surface area contributed by atoms with E-state index in [-0.39, 0.29) is 11.7 Å². The second-order valence-corrected chi connectivity index (χ2v) is 6.32. The second-order valence-electron chi connectivity index (χ2n) is 4.32. The van der Waals surface area contributed by atoms with Crippen LogP contribution in [0.1, 0.15) is 25.5 Å². The fraction of sp³-hybridized carbons (Fsp3) is 0.231. The van der Waals surface area contributed by atoms with E-state index in [0.717, 1.165) is 5.69 Å². The van der Waals surface area contributed by atoms with Crippen molar-refractivity contribution in [3.8, 4) is 11.4 Å². The topological polar surface area (TPSA) is 25.8 Å². The molecule has 0 N–H and O–H groups in total. The molecule has 6 heteroatoms. The van der Waals surface area contributed by atoms with Crippen molar-refractivity contribution in [3.63, 3.8) is 0 Å². The molecule has 0 unspecified atom stereocenters. The zero-order valence-corrected chi connectivity index (χ0v) is 14.1. The highest BCUT2D eigenvalue weighted by Crippen LogP contribution is 2.33. The van der Waals surface area contributed by atoms with E-state index in [9.17, 15) is 4.39 Å². The Morgan fingerprint density at radius 2 is 1.89 bits per heavy atom. The van der Waals surface area contributed by atoms with Gasteiger partial charge in [0.25, 0.3) is 0 Å². The second kappa shape index (κ2) is 5.85. The molecule has 0 saturated heterocycles. The number of hydrogen-bond donors (Lipinski definition) is 0. The van der Waals surface area contributed by atoms with Gasteiger partial charge in [0, 0.05) is 10.0 Å². The molecular weight excluding hydrogens is 398 g/mol. The molecule has 0 fully saturated rings. The molecule has 1 aromatic heterocycles. The van der Waals surface area contributed by atoms with Crippen LogP contribution in [0.4, 0.5) is 4.39 Å². The molecule has 0 radical (unpaired) electrons. The Bertz CT molecular complexity index is 632. The molecule has 0 aliphatic heterocycles. The van der Waals surface area contributed by atoms with E-state index in [4.69, 9.17) is 11.6 Å². The molecule has 1 aromatic carbocycles. The van der Waals surface area contributed by atoms with E-state index in [0.29, 0.717) is 25.5 Å². The number of nitrogens with zero attached hydrogens (tertiary/aromatic N) is 2. The molecule has 100 valence electrons. The van der Waals surface area contributed by atoms with Gasteiger partial charge in [-0.3, -0.25) is 0 Å². The van der Waals surface area contributed by atoms with Crippen molar-refractivity contribution in [2.75, 3.05) is 0 Å². The number of hydrogen-bond acceptors (Lipinski definition) is 2. The third-order valence-corrected chi connectivity index (χ3v) is 4.49. The average molecular weight is 408 g/mol. The van der Waals surface area contributed by atoms with Crippen molar-refractivity contribution in [1.82, 2.24) is 9.97 Å². The van der Waals surface area contributed by atoms with Crippen LogP contribution in [-0.2, 0) is 0 Å². The predicted molar refractivity (Wildman–Crippen MR) is 81.9 cm³/mol. The van der Waals surface area contributed by atoms with Crippen molar-refractivity contribution < 1.29 is 4.39 Å². The van der Waals surface area contributed by atoms with Gasteiger partial charge in [-0.1, -0.05) is 25.4 Å². The molecule has 2 nitrogen and oxygen atoms in total. The number of aromatic nitrogens is 2. The fourth-order valence-electron chi connectivity index (χ4n) is 1.61. The molecular formula is C13H10Br2ClFN2. The molecule has 0 atom stereocenters. The summed E-state index contributed by atoms with van der Waals surface area (Å²) in [4.78, 5) is 8.73. The SMILES string of the molecule is CC(C)c1nc(-c2ccc(F)cc2Br)nc(Cl)c1Br. The van der Waals surface area contributed by atoms with Crippen molar-refractivity contribution in [2.24, 2.45) is 0 Å². The first-order valence-electron chi connectivity index (χ1n) is 5.58. The molecule has 2 aromatic rings. The first-order valence-corrected chi connectivity index (χ1v) is 7.55. The van der Waals surface area contributed by atoms with Crippen molar-refractivity contribution in [2.45, 2.75) is 19.8 Å². The molecule has 0 bridgehead atoms. The third kappa shape index (κ3) is 3.15. The Balaban J connectivity index is 2.63. The summed E-state index contributed by atoms with van der Waals surface area (Å²) in [5.41, 5.74) is 1.53. The maximum Gasteiger partial charge on any atom is 0.162 e. The van der Waals surface area contributed by atoms with Crippen molar-refractivity contribution in [1.29, 1.82) is 0 Å². The lowest BCUT2D eigenvalue weighted by atomic mass is 10.1. The minimum Gasteiger partial charge on any atom is -0.231 e. The highest BCUT2D eigenvalue weighted by molar-refractivity contribution is 9.11. The monoisotopic (exact) mass is 406 g/mol. The zero-order valence-electron chi connectivity index (χ0n) is 10.2. The van der Waals surface area contributed by atoms with Crippen LogP contribution in [0, 0.1) is 5.82 Å². The van der Waals surface area contributed by atoms with Gasteiger partial charge in [-0.25, -0.2) is 14.4 Å². The van der Waals surface area contributed by atoms with Crippen molar-refractivity contribution in [3.05, 3.63) is 43.8 Å². The van der Waals surface area contributed by atoms with E-state index in [1.165, 1.54) is 12.1 Å². The molecule has 1 heterocycles. The predicted octanol–water partition coefficient (Wildman–Crippen LogP) is 5.58. The number of halogens is 4. The molecule has 19 heavy (non-hydrogen) atoms. The lowest BCUT2D eigenvalue weighted by Crippen LogP contribution is -2.01. The standard InChI is InChI=1S/C13H10Br2ClFN2/c1-6(2)11-10(15)12(16)19-13(18-11)8-4-3-7(17)5-9(8)14/h3-6H,1-2H3. The van der Waals surface area contributed by atoms with Crippen LogP contribution in [-0.4, -0.2) is 9.97 Å². The largest absolute Gasteiger partial charge is 0.231 e. The van der Waals surface area contributed by atoms with E-state index in [1.54, 1.807) is 6.07 Å². The van der Waals surface area contributed by atoms with Crippen LogP contribution >= 0.6 is 43.5 Å². The summed E-state index contributed by atoms with van der Waals surface area (Å²) in [6.07, 6.45) is 0. The average Bonchev–Trinajstić information content (AvgIpc) is 2.32. The van der Waals surface area contributed by atoms with E-state index < -0.39 is 0 Å². The Hall–Kier alpha value is -0.520. The fourth-order valence-corrected chi connectivity index (χ4v) is 2.95. The highest BCUT2D eigenvalue weighted by Gasteiger charge is 2.16. The van der Waals surface area contributed by atoms with Crippen LogP contribution in [0.3, 0.4) is 0 Å². The van der Waals surface area contributed by atoms with E-state index in [1.807, 2.05) is 13.8 Å². The molecule has 0 spiro atoms. The third-order valence-electron chi connectivity index (χ3n) is 2.56. The summed E-state index contributed by atoms with van der Waals surface area (Å²) in [5, 5.41) is 0.352. The van der Waals surface area contributed by atoms with Crippen molar-refractivity contribution >= 4 is 43.5 Å². The first kappa shape index (κ1) is 14.9. The zero-order chi connectivity index (χ0) is 14.2. The molecule has 0 aliphatic carbocycles. The highest BCUT2D eigenvalue weighted by atomic mass is 79.9. The summed E-state index contributed by atoms with van der Waals surface area (Å²) in [5.74, 6) is 0.361. The van der Waals surface area contributed by atoms with Gasteiger partial charge in [0.05, 0.1) is 10.2 Å². The molecule has 0 amide bonds. The summed E-state index contributed by atoms with van der Waals surface area (Å²) < 4.78 is 14.4. The van der Waals surface area contributed by atoms with Gasteiger partial charge < -0.3 is 0 Å². The maximum atomic E-state index is 13.1. The smallest absolute Gasteiger partial charge is 0.162 e.